The Bertz CT molecular complexity index is 1800. The number of aromatic amines is 2. The Morgan fingerprint density at radius 3 is 2.07 bits per heavy atom. The molecule has 2 atom stereocenters. The molecule has 2 aliphatic rings. The molecule has 0 radical (unpaired) electrons. The van der Waals surface area contributed by atoms with E-state index < -0.39 is 11.2 Å². The molecular formula is C36H42N6O4. The maximum Gasteiger partial charge on any atom is 0.410 e. The van der Waals surface area contributed by atoms with Crippen LogP contribution in [0.5, 0.6) is 0 Å². The van der Waals surface area contributed by atoms with Gasteiger partial charge < -0.3 is 19.4 Å². The number of benzene rings is 2. The highest BCUT2D eigenvalue weighted by atomic mass is 16.6. The lowest BCUT2D eigenvalue weighted by atomic mass is 10.0. The zero-order chi connectivity index (χ0) is 32.6. The summed E-state index contributed by atoms with van der Waals surface area (Å²) in [4.78, 5) is 45.4. The number of fused-ring (bicyclic) bond motifs is 1. The van der Waals surface area contributed by atoms with Gasteiger partial charge in [-0.25, -0.2) is 19.6 Å². The molecule has 2 aromatic heterocycles. The lowest BCUT2D eigenvalue weighted by Gasteiger charge is -2.28. The zero-order valence-corrected chi connectivity index (χ0v) is 27.4. The fourth-order valence-electron chi connectivity index (χ4n) is 6.10. The molecule has 2 aliphatic heterocycles. The maximum absolute atomic E-state index is 12.9. The summed E-state index contributed by atoms with van der Waals surface area (Å²) in [6.07, 6.45) is 4.58. The predicted octanol–water partition coefficient (Wildman–Crippen LogP) is 7.50. The van der Waals surface area contributed by atoms with E-state index in [9.17, 15) is 9.59 Å². The van der Waals surface area contributed by atoms with Crippen molar-refractivity contribution in [3.05, 3.63) is 71.4 Å². The van der Waals surface area contributed by atoms with Crippen LogP contribution in [0.15, 0.2) is 48.8 Å². The van der Waals surface area contributed by atoms with Gasteiger partial charge in [-0.15, -0.1) is 0 Å². The largest absolute Gasteiger partial charge is 0.444 e. The third kappa shape index (κ3) is 6.89. The monoisotopic (exact) mass is 622 g/mol. The van der Waals surface area contributed by atoms with Crippen molar-refractivity contribution in [2.45, 2.75) is 90.5 Å². The average molecular weight is 623 g/mol. The molecule has 0 saturated carbocycles. The quantitative estimate of drug-likeness (QED) is 0.229. The van der Waals surface area contributed by atoms with Crippen molar-refractivity contribution in [3.63, 3.8) is 0 Å². The van der Waals surface area contributed by atoms with Crippen molar-refractivity contribution in [2.24, 2.45) is 0 Å². The molecule has 4 heterocycles. The van der Waals surface area contributed by atoms with Crippen molar-refractivity contribution in [1.29, 1.82) is 0 Å². The highest BCUT2D eigenvalue weighted by Crippen LogP contribution is 2.37. The zero-order valence-electron chi connectivity index (χ0n) is 27.4. The number of ether oxygens (including phenoxy) is 2. The van der Waals surface area contributed by atoms with Gasteiger partial charge in [-0.2, -0.15) is 0 Å². The van der Waals surface area contributed by atoms with Gasteiger partial charge in [0.05, 0.1) is 40.8 Å². The molecule has 240 valence electrons. The first kappa shape index (κ1) is 31.2. The number of hydrogen-bond donors (Lipinski definition) is 2. The topological polar surface area (TPSA) is 116 Å². The number of H-pyrrole nitrogens is 2. The standard InChI is InChI=1S/C36H42N6O4/c1-35(2,3)45-33(43)41-19-7-9-28(41)31-30(37-22-38-31)25-16-13-23(14-17-25)11-12-24-15-18-26-27(21-24)40-32(39-26)29-10-8-20-42(29)34(44)46-36(4,5)6/h13-18,21-22,28-29H,7-10,19-20H2,1-6H3,(H,37,38)(H,39,40)/t28-,29-/m0/s1. The molecule has 2 amide bonds. The normalized spacial score (nSPS) is 18.5. The van der Waals surface area contributed by atoms with Crippen LogP contribution in [0.1, 0.15) is 102 Å². The number of amides is 2. The summed E-state index contributed by atoms with van der Waals surface area (Å²) in [7, 11) is 0. The van der Waals surface area contributed by atoms with Crippen molar-refractivity contribution in [3.8, 4) is 23.1 Å². The molecule has 0 aliphatic carbocycles. The second-order valence-corrected chi connectivity index (χ2v) is 14.0. The minimum Gasteiger partial charge on any atom is -0.444 e. The molecule has 2 N–H and O–H groups in total. The molecule has 2 fully saturated rings. The maximum atomic E-state index is 12.9. The van der Waals surface area contributed by atoms with Gasteiger partial charge in [0.2, 0.25) is 0 Å². The SMILES string of the molecule is CC(C)(C)OC(=O)N1CCC[C@H]1c1nc2ccc(C#Cc3ccc(-c4nc[nH]c4[C@@H]4CCCN4C(=O)OC(C)(C)C)cc3)cc2[nH]1. The Hall–Kier alpha value is -4.78. The van der Waals surface area contributed by atoms with E-state index in [1.165, 1.54) is 0 Å². The van der Waals surface area contributed by atoms with Gasteiger partial charge in [0, 0.05) is 29.8 Å². The van der Waals surface area contributed by atoms with Crippen LogP contribution in [0.2, 0.25) is 0 Å². The van der Waals surface area contributed by atoms with E-state index in [-0.39, 0.29) is 24.3 Å². The summed E-state index contributed by atoms with van der Waals surface area (Å²) in [5, 5.41) is 0. The van der Waals surface area contributed by atoms with E-state index >= 15 is 0 Å². The molecular weight excluding hydrogens is 580 g/mol. The third-order valence-electron chi connectivity index (χ3n) is 8.09. The number of hydrogen-bond acceptors (Lipinski definition) is 6. The first-order valence-corrected chi connectivity index (χ1v) is 16.0. The minimum absolute atomic E-state index is 0.112. The highest BCUT2D eigenvalue weighted by Gasteiger charge is 2.36. The van der Waals surface area contributed by atoms with Gasteiger partial charge in [-0.05, 0) is 97.6 Å². The van der Waals surface area contributed by atoms with E-state index in [0.29, 0.717) is 13.1 Å². The molecule has 10 heteroatoms. The van der Waals surface area contributed by atoms with Crippen molar-refractivity contribution in [2.75, 3.05) is 13.1 Å². The Morgan fingerprint density at radius 2 is 1.41 bits per heavy atom. The van der Waals surface area contributed by atoms with Crippen LogP contribution >= 0.6 is 0 Å². The van der Waals surface area contributed by atoms with E-state index in [1.807, 2.05) is 84.0 Å². The van der Waals surface area contributed by atoms with Gasteiger partial charge in [0.25, 0.3) is 0 Å². The Kier molecular flexibility index (Phi) is 8.28. The number of aromatic nitrogens is 4. The Balaban J connectivity index is 1.16. The smallest absolute Gasteiger partial charge is 0.410 e. The van der Waals surface area contributed by atoms with Crippen LogP contribution in [0, 0.1) is 11.8 Å². The second kappa shape index (κ2) is 12.2. The molecule has 6 rings (SSSR count). The van der Waals surface area contributed by atoms with Crippen LogP contribution < -0.4 is 0 Å². The second-order valence-electron chi connectivity index (χ2n) is 14.0. The van der Waals surface area contributed by atoms with Crippen LogP contribution in [-0.4, -0.2) is 66.2 Å². The van der Waals surface area contributed by atoms with Gasteiger partial charge in [0.15, 0.2) is 0 Å². The molecule has 2 aromatic carbocycles. The lowest BCUT2D eigenvalue weighted by Crippen LogP contribution is -2.36. The number of likely N-dealkylation sites (tertiary alicyclic amines) is 2. The summed E-state index contributed by atoms with van der Waals surface area (Å²) < 4.78 is 11.3. The number of imidazole rings is 2. The number of carbonyl (C=O) groups excluding carboxylic acids is 2. The van der Waals surface area contributed by atoms with Crippen LogP contribution in [0.4, 0.5) is 9.59 Å². The summed E-state index contributed by atoms with van der Waals surface area (Å²) >= 11 is 0. The van der Waals surface area contributed by atoms with Crippen molar-refractivity contribution >= 4 is 23.2 Å². The first-order valence-electron chi connectivity index (χ1n) is 16.0. The fraction of sp³-hybridized carbons (Fsp3) is 0.444. The third-order valence-corrected chi connectivity index (χ3v) is 8.09. The Morgan fingerprint density at radius 1 is 0.826 bits per heavy atom. The van der Waals surface area contributed by atoms with Crippen LogP contribution in [0.25, 0.3) is 22.3 Å². The van der Waals surface area contributed by atoms with Gasteiger partial charge in [0.1, 0.15) is 17.0 Å². The molecule has 0 spiro atoms. The molecule has 2 saturated heterocycles. The van der Waals surface area contributed by atoms with Gasteiger partial charge in [-0.3, -0.25) is 9.80 Å². The summed E-state index contributed by atoms with van der Waals surface area (Å²) in [5.41, 5.74) is 5.06. The molecule has 46 heavy (non-hydrogen) atoms. The van der Waals surface area contributed by atoms with E-state index in [0.717, 1.165) is 70.6 Å². The van der Waals surface area contributed by atoms with Crippen LogP contribution in [0.3, 0.4) is 0 Å². The first-order chi connectivity index (χ1) is 21.8. The highest BCUT2D eigenvalue weighted by molar-refractivity contribution is 5.78. The fourth-order valence-corrected chi connectivity index (χ4v) is 6.10. The molecule has 0 bridgehead atoms. The number of nitrogens with one attached hydrogen (secondary N) is 2. The lowest BCUT2D eigenvalue weighted by molar-refractivity contribution is 0.0210. The summed E-state index contributed by atoms with van der Waals surface area (Å²) in [6, 6.07) is 13.7. The minimum atomic E-state index is -0.550. The molecule has 0 unspecified atom stereocenters. The van der Waals surface area contributed by atoms with Crippen molar-refractivity contribution < 1.29 is 19.1 Å². The molecule has 4 aromatic rings. The van der Waals surface area contributed by atoms with E-state index in [4.69, 9.17) is 14.5 Å². The number of rotatable bonds is 3. The van der Waals surface area contributed by atoms with Gasteiger partial charge >= 0.3 is 12.2 Å². The van der Waals surface area contributed by atoms with E-state index in [1.54, 1.807) is 16.1 Å². The van der Waals surface area contributed by atoms with Crippen molar-refractivity contribution in [1.82, 2.24) is 29.7 Å². The Labute approximate surface area is 269 Å². The van der Waals surface area contributed by atoms with Gasteiger partial charge in [-0.1, -0.05) is 24.0 Å². The summed E-state index contributed by atoms with van der Waals surface area (Å²) in [5.74, 6) is 7.30. The summed E-state index contributed by atoms with van der Waals surface area (Å²) in [6.45, 7) is 12.6. The predicted molar refractivity (Wildman–Crippen MR) is 176 cm³/mol. The van der Waals surface area contributed by atoms with E-state index in [2.05, 4.69) is 26.8 Å². The average Bonchev–Trinajstić information content (AvgIpc) is 3.79. The molecule has 10 nitrogen and oxygen atoms in total. The number of nitrogens with zero attached hydrogens (tertiary/aromatic N) is 4. The van der Waals surface area contributed by atoms with Crippen LogP contribution in [-0.2, 0) is 9.47 Å². The number of carbonyl (C=O) groups is 2.